The molecule has 0 saturated heterocycles. The Morgan fingerprint density at radius 2 is 1.58 bits per heavy atom. The molecular formula is C19H15. The molecular weight excluding hydrogens is 228 g/mol. The van der Waals surface area contributed by atoms with Gasteiger partial charge in [-0.25, -0.2) is 0 Å². The van der Waals surface area contributed by atoms with Gasteiger partial charge in [0.25, 0.3) is 0 Å². The fourth-order valence-electron chi connectivity index (χ4n) is 3.31. The van der Waals surface area contributed by atoms with Crippen molar-refractivity contribution in [2.45, 2.75) is 19.3 Å². The average molecular weight is 243 g/mol. The molecule has 0 N–H and O–H groups in total. The second-order valence-electron chi connectivity index (χ2n) is 5.84. The molecule has 0 heteroatoms. The summed E-state index contributed by atoms with van der Waals surface area (Å²) in [5.41, 5.74) is 5.64. The summed E-state index contributed by atoms with van der Waals surface area (Å²) in [6.07, 6.45) is 0. The summed E-state index contributed by atoms with van der Waals surface area (Å²) in [4.78, 5) is 0. The van der Waals surface area contributed by atoms with Crippen LogP contribution in [0, 0.1) is 6.07 Å². The van der Waals surface area contributed by atoms with Gasteiger partial charge in [-0.1, -0.05) is 50.2 Å². The zero-order valence-corrected chi connectivity index (χ0v) is 11.2. The molecule has 0 atom stereocenters. The Kier molecular flexibility index (Phi) is 1.98. The summed E-state index contributed by atoms with van der Waals surface area (Å²) >= 11 is 0. The van der Waals surface area contributed by atoms with Crippen molar-refractivity contribution in [2.75, 3.05) is 0 Å². The lowest BCUT2D eigenvalue weighted by Gasteiger charge is -2.21. The smallest absolute Gasteiger partial charge is 0.0159 e. The Bertz CT molecular complexity index is 794. The highest BCUT2D eigenvalue weighted by Crippen LogP contribution is 2.49. The van der Waals surface area contributed by atoms with Crippen LogP contribution in [-0.2, 0) is 5.41 Å². The highest BCUT2D eigenvalue weighted by molar-refractivity contribution is 5.93. The predicted octanol–water partition coefficient (Wildman–Crippen LogP) is 4.95. The Hall–Kier alpha value is -2.08. The lowest BCUT2D eigenvalue weighted by Crippen LogP contribution is -2.14. The van der Waals surface area contributed by atoms with E-state index in [0.717, 1.165) is 0 Å². The van der Waals surface area contributed by atoms with E-state index in [2.05, 4.69) is 68.4 Å². The van der Waals surface area contributed by atoms with Gasteiger partial charge in [0.1, 0.15) is 0 Å². The Labute approximate surface area is 113 Å². The second kappa shape index (κ2) is 3.48. The standard InChI is InChI=1S/C19H15/c1-19(2)17-10-6-5-9-15(17)16-11-13-7-3-4-8-14(13)12-18(16)19/h3-5,7-12H,1-2H3. The summed E-state index contributed by atoms with van der Waals surface area (Å²) in [5, 5.41) is 2.64. The van der Waals surface area contributed by atoms with Crippen molar-refractivity contribution in [3.8, 4) is 11.1 Å². The van der Waals surface area contributed by atoms with E-state index in [-0.39, 0.29) is 5.41 Å². The third kappa shape index (κ3) is 1.34. The molecule has 4 rings (SSSR count). The first-order chi connectivity index (χ1) is 9.18. The van der Waals surface area contributed by atoms with Crippen LogP contribution >= 0.6 is 0 Å². The molecule has 3 aromatic carbocycles. The number of rotatable bonds is 0. The van der Waals surface area contributed by atoms with Crippen LogP contribution in [0.25, 0.3) is 21.9 Å². The molecule has 0 bridgehead atoms. The van der Waals surface area contributed by atoms with Crippen molar-refractivity contribution in [2.24, 2.45) is 0 Å². The summed E-state index contributed by atoms with van der Waals surface area (Å²) < 4.78 is 0. The normalized spacial score (nSPS) is 15.3. The molecule has 0 aromatic heterocycles. The monoisotopic (exact) mass is 243 g/mol. The molecule has 1 aliphatic carbocycles. The van der Waals surface area contributed by atoms with Crippen LogP contribution in [0.1, 0.15) is 25.0 Å². The van der Waals surface area contributed by atoms with Gasteiger partial charge < -0.3 is 0 Å². The number of hydrogen-bond acceptors (Lipinski definition) is 0. The van der Waals surface area contributed by atoms with E-state index < -0.39 is 0 Å². The molecule has 19 heavy (non-hydrogen) atoms. The molecule has 1 radical (unpaired) electrons. The molecule has 91 valence electrons. The fourth-order valence-corrected chi connectivity index (χ4v) is 3.31. The molecule has 0 heterocycles. The molecule has 0 nitrogen and oxygen atoms in total. The Morgan fingerprint density at radius 3 is 2.37 bits per heavy atom. The predicted molar refractivity (Wildman–Crippen MR) is 80.3 cm³/mol. The van der Waals surface area contributed by atoms with Gasteiger partial charge >= 0.3 is 0 Å². The van der Waals surface area contributed by atoms with Crippen LogP contribution in [0.3, 0.4) is 0 Å². The minimum Gasteiger partial charge on any atom is -0.0616 e. The van der Waals surface area contributed by atoms with Crippen molar-refractivity contribution in [1.29, 1.82) is 0 Å². The SMILES string of the molecule is CC1(C)c2c[c]ccc2-c2cc3ccccc3cc21. The molecule has 0 aliphatic heterocycles. The first kappa shape index (κ1) is 10.8. The van der Waals surface area contributed by atoms with Gasteiger partial charge in [-0.2, -0.15) is 0 Å². The highest BCUT2D eigenvalue weighted by atomic mass is 14.4. The number of fused-ring (bicyclic) bond motifs is 4. The van der Waals surface area contributed by atoms with Crippen molar-refractivity contribution in [3.63, 3.8) is 0 Å². The number of hydrogen-bond donors (Lipinski definition) is 0. The van der Waals surface area contributed by atoms with Crippen LogP contribution < -0.4 is 0 Å². The maximum atomic E-state index is 3.22. The average Bonchev–Trinajstić information content (AvgIpc) is 2.66. The van der Waals surface area contributed by atoms with Gasteiger partial charge in [0.2, 0.25) is 0 Å². The zero-order valence-electron chi connectivity index (χ0n) is 11.2. The maximum Gasteiger partial charge on any atom is 0.0159 e. The first-order valence-electron chi connectivity index (χ1n) is 6.72. The van der Waals surface area contributed by atoms with Gasteiger partial charge in [-0.05, 0) is 57.3 Å². The first-order valence-corrected chi connectivity index (χ1v) is 6.72. The summed E-state index contributed by atoms with van der Waals surface area (Å²) in [7, 11) is 0. The summed E-state index contributed by atoms with van der Waals surface area (Å²) in [6, 6.07) is 22.9. The molecule has 1 aliphatic rings. The van der Waals surface area contributed by atoms with Crippen molar-refractivity contribution >= 4 is 10.8 Å². The van der Waals surface area contributed by atoms with Crippen LogP contribution in [-0.4, -0.2) is 0 Å². The quantitative estimate of drug-likeness (QED) is 0.524. The van der Waals surface area contributed by atoms with E-state index in [9.17, 15) is 0 Å². The van der Waals surface area contributed by atoms with E-state index in [1.165, 1.54) is 33.0 Å². The third-order valence-corrected chi connectivity index (χ3v) is 4.39. The van der Waals surface area contributed by atoms with Crippen molar-refractivity contribution in [1.82, 2.24) is 0 Å². The van der Waals surface area contributed by atoms with Crippen LogP contribution in [0.2, 0.25) is 0 Å². The topological polar surface area (TPSA) is 0 Å². The van der Waals surface area contributed by atoms with Crippen LogP contribution in [0.15, 0.2) is 54.6 Å². The molecule has 0 amide bonds. The highest BCUT2D eigenvalue weighted by Gasteiger charge is 2.35. The van der Waals surface area contributed by atoms with Gasteiger partial charge in [0.05, 0.1) is 0 Å². The Morgan fingerprint density at radius 1 is 0.842 bits per heavy atom. The summed E-state index contributed by atoms with van der Waals surface area (Å²) in [6.45, 7) is 4.61. The molecule has 0 unspecified atom stereocenters. The molecule has 0 fully saturated rings. The van der Waals surface area contributed by atoms with Gasteiger partial charge in [0.15, 0.2) is 0 Å². The largest absolute Gasteiger partial charge is 0.0616 e. The lowest BCUT2D eigenvalue weighted by molar-refractivity contribution is 0.661. The maximum absolute atomic E-state index is 3.22. The van der Waals surface area contributed by atoms with E-state index >= 15 is 0 Å². The van der Waals surface area contributed by atoms with Crippen LogP contribution in [0.4, 0.5) is 0 Å². The van der Waals surface area contributed by atoms with Crippen molar-refractivity contribution in [3.05, 3.63) is 71.8 Å². The van der Waals surface area contributed by atoms with Gasteiger partial charge in [-0.15, -0.1) is 0 Å². The molecule has 0 spiro atoms. The van der Waals surface area contributed by atoms with Gasteiger partial charge in [0, 0.05) is 5.41 Å². The lowest BCUT2D eigenvalue weighted by atomic mass is 9.82. The second-order valence-corrected chi connectivity index (χ2v) is 5.84. The zero-order chi connectivity index (χ0) is 13.0. The van der Waals surface area contributed by atoms with E-state index in [1.807, 2.05) is 6.07 Å². The molecule has 3 aromatic rings. The van der Waals surface area contributed by atoms with E-state index in [0.29, 0.717) is 0 Å². The van der Waals surface area contributed by atoms with Gasteiger partial charge in [-0.3, -0.25) is 0 Å². The van der Waals surface area contributed by atoms with E-state index in [4.69, 9.17) is 0 Å². The van der Waals surface area contributed by atoms with Crippen molar-refractivity contribution < 1.29 is 0 Å². The van der Waals surface area contributed by atoms with E-state index in [1.54, 1.807) is 0 Å². The molecule has 0 saturated carbocycles. The Balaban J connectivity index is 2.15. The fraction of sp³-hybridized carbons (Fsp3) is 0.158. The van der Waals surface area contributed by atoms with Crippen LogP contribution in [0.5, 0.6) is 0 Å². The third-order valence-electron chi connectivity index (χ3n) is 4.39. The number of benzene rings is 3. The minimum atomic E-state index is 0.0759. The summed E-state index contributed by atoms with van der Waals surface area (Å²) in [5.74, 6) is 0. The minimum absolute atomic E-state index is 0.0759.